The van der Waals surface area contributed by atoms with Crippen molar-refractivity contribution in [2.75, 3.05) is 5.73 Å². The van der Waals surface area contributed by atoms with Gasteiger partial charge in [0.1, 0.15) is 0 Å². The number of benzene rings is 6. The fourth-order valence-corrected chi connectivity index (χ4v) is 7.82. The van der Waals surface area contributed by atoms with Crippen molar-refractivity contribution in [2.45, 2.75) is 11.6 Å². The minimum atomic E-state index is -0.889. The van der Waals surface area contributed by atoms with Crippen molar-refractivity contribution in [2.24, 2.45) is 5.73 Å². The van der Waals surface area contributed by atoms with Crippen LogP contribution in [0.4, 0.5) is 5.69 Å². The second-order valence-corrected chi connectivity index (χ2v) is 12.6. The van der Waals surface area contributed by atoms with Gasteiger partial charge in [-0.1, -0.05) is 122 Å². The Labute approximate surface area is 260 Å². The van der Waals surface area contributed by atoms with E-state index < -0.39 is 5.54 Å². The number of hydrogen-bond acceptors (Lipinski definition) is 4. The lowest BCUT2D eigenvalue weighted by Crippen LogP contribution is -2.53. The molecule has 2 unspecified atom stereocenters. The van der Waals surface area contributed by atoms with Crippen molar-refractivity contribution in [3.8, 4) is 11.1 Å². The number of nitrogens with one attached hydrogen (secondary N) is 1. The molecule has 0 radical (unpaired) electrons. The first-order chi connectivity index (χ1) is 21.5. The van der Waals surface area contributed by atoms with Crippen LogP contribution >= 0.6 is 11.3 Å². The van der Waals surface area contributed by atoms with Crippen molar-refractivity contribution in [1.82, 2.24) is 5.32 Å². The van der Waals surface area contributed by atoms with Gasteiger partial charge in [-0.25, -0.2) is 0 Å². The molecule has 0 saturated carbocycles. The van der Waals surface area contributed by atoms with Gasteiger partial charge in [-0.3, -0.25) is 0 Å². The van der Waals surface area contributed by atoms with E-state index in [2.05, 4.69) is 139 Å². The fourth-order valence-electron chi connectivity index (χ4n) is 6.73. The van der Waals surface area contributed by atoms with E-state index in [9.17, 15) is 0 Å². The molecule has 3 nitrogen and oxygen atoms in total. The van der Waals surface area contributed by atoms with Gasteiger partial charge >= 0.3 is 0 Å². The molecule has 5 N–H and O–H groups in total. The minimum absolute atomic E-state index is 0.258. The zero-order valence-corrected chi connectivity index (χ0v) is 24.9. The van der Waals surface area contributed by atoms with E-state index in [1.165, 1.54) is 20.2 Å². The van der Waals surface area contributed by atoms with Crippen LogP contribution in [0.25, 0.3) is 58.5 Å². The summed E-state index contributed by atoms with van der Waals surface area (Å²) in [6.07, 6.45) is 8.33. The Balaban J connectivity index is 1.27. The topological polar surface area (TPSA) is 64.1 Å². The minimum Gasteiger partial charge on any atom is -0.398 e. The molecule has 0 bridgehead atoms. The van der Waals surface area contributed by atoms with Crippen molar-refractivity contribution in [1.29, 1.82) is 0 Å². The summed E-state index contributed by atoms with van der Waals surface area (Å²) in [4.78, 5) is 0. The second kappa shape index (κ2) is 10.2. The summed E-state index contributed by atoms with van der Waals surface area (Å²) < 4.78 is 2.56. The highest BCUT2D eigenvalue weighted by Crippen LogP contribution is 2.45. The molecule has 212 valence electrons. The van der Waals surface area contributed by atoms with E-state index in [1.54, 1.807) is 0 Å². The van der Waals surface area contributed by atoms with E-state index in [4.69, 9.17) is 11.5 Å². The molecule has 1 aliphatic rings. The molecular weight excluding hydrogens is 555 g/mol. The monoisotopic (exact) mass is 585 g/mol. The number of nitrogen functional groups attached to an aromatic ring is 1. The van der Waals surface area contributed by atoms with Crippen molar-refractivity contribution < 1.29 is 0 Å². The Morgan fingerprint density at radius 1 is 0.682 bits per heavy atom. The SMILES string of the molecule is C=C(NC1C=CC=CC1(N)c1ccc2ccccc2c1-c1c(N)ccc2ccccc12)c1ccc2sc3ccccc3c2c1. The van der Waals surface area contributed by atoms with Gasteiger partial charge in [0, 0.05) is 37.1 Å². The van der Waals surface area contributed by atoms with Crippen molar-refractivity contribution in [3.05, 3.63) is 157 Å². The maximum Gasteiger partial charge on any atom is 0.0846 e. The quantitative estimate of drug-likeness (QED) is 0.176. The van der Waals surface area contributed by atoms with E-state index in [1.807, 2.05) is 23.5 Å². The van der Waals surface area contributed by atoms with Crippen LogP contribution in [0.2, 0.25) is 0 Å². The summed E-state index contributed by atoms with van der Waals surface area (Å²) in [5.41, 5.74) is 19.1. The van der Waals surface area contributed by atoms with E-state index in [0.29, 0.717) is 0 Å². The average molecular weight is 586 g/mol. The summed E-state index contributed by atoms with van der Waals surface area (Å²) in [5.74, 6) is 0. The first-order valence-electron chi connectivity index (χ1n) is 14.8. The van der Waals surface area contributed by atoms with Crippen LogP contribution in [0.1, 0.15) is 11.1 Å². The summed E-state index contributed by atoms with van der Waals surface area (Å²) in [6, 6.07) is 40.2. The number of fused-ring (bicyclic) bond motifs is 5. The lowest BCUT2D eigenvalue weighted by atomic mass is 9.75. The van der Waals surface area contributed by atoms with E-state index in [-0.39, 0.29) is 6.04 Å². The molecule has 1 heterocycles. The van der Waals surface area contributed by atoms with Crippen LogP contribution in [-0.2, 0) is 5.54 Å². The van der Waals surface area contributed by atoms with Crippen molar-refractivity contribution >= 4 is 64.4 Å². The van der Waals surface area contributed by atoms with Gasteiger partial charge in [0.2, 0.25) is 0 Å². The zero-order chi connectivity index (χ0) is 29.8. The third-order valence-corrected chi connectivity index (χ3v) is 10.1. The van der Waals surface area contributed by atoms with Crippen LogP contribution in [-0.4, -0.2) is 6.04 Å². The fraction of sp³-hybridized carbons (Fsp3) is 0.0500. The standard InChI is InChI=1S/C40H31N3S/c1-25(28-19-22-36-32(24-28)31-14-6-7-15-35(31)44-36)43-37-16-8-9-23-40(37,42)33-20-17-26-10-2-4-12-29(26)38(33)39-30-13-5-3-11-27(30)18-21-34(39)41/h2-24,37,43H,1,41-42H2. The molecule has 0 fully saturated rings. The van der Waals surface area contributed by atoms with E-state index in [0.717, 1.165) is 55.2 Å². The molecule has 1 aliphatic carbocycles. The Kier molecular flexibility index (Phi) is 6.16. The lowest BCUT2D eigenvalue weighted by Gasteiger charge is -2.39. The number of rotatable bonds is 5. The average Bonchev–Trinajstić information content (AvgIpc) is 3.43. The third-order valence-electron chi connectivity index (χ3n) is 8.96. The Hall–Kier alpha value is -5.16. The molecule has 8 rings (SSSR count). The molecular formula is C40H31N3S. The molecule has 7 aromatic rings. The molecule has 0 amide bonds. The van der Waals surface area contributed by atoms with Gasteiger partial charge in [0.05, 0.1) is 11.6 Å². The molecule has 0 saturated heterocycles. The second-order valence-electron chi connectivity index (χ2n) is 11.5. The lowest BCUT2D eigenvalue weighted by molar-refractivity contribution is 0.456. The summed E-state index contributed by atoms with van der Waals surface area (Å²) in [6.45, 7) is 4.49. The maximum atomic E-state index is 7.54. The molecule has 0 spiro atoms. The molecule has 1 aromatic heterocycles. The first kappa shape index (κ1) is 26.5. The van der Waals surface area contributed by atoms with Gasteiger partial charge in [0.15, 0.2) is 0 Å². The predicted octanol–water partition coefficient (Wildman–Crippen LogP) is 9.52. The molecule has 6 aromatic carbocycles. The summed E-state index contributed by atoms with van der Waals surface area (Å²) >= 11 is 1.82. The predicted molar refractivity (Wildman–Crippen MR) is 191 cm³/mol. The van der Waals surface area contributed by atoms with Crippen LogP contribution in [0.5, 0.6) is 0 Å². The van der Waals surface area contributed by atoms with Gasteiger partial charge in [0.25, 0.3) is 0 Å². The van der Waals surface area contributed by atoms with E-state index >= 15 is 0 Å². The van der Waals surface area contributed by atoms with Crippen LogP contribution in [0.3, 0.4) is 0 Å². The van der Waals surface area contributed by atoms with Crippen LogP contribution in [0.15, 0.2) is 146 Å². The van der Waals surface area contributed by atoms with Gasteiger partial charge in [-0.15, -0.1) is 11.3 Å². The largest absolute Gasteiger partial charge is 0.398 e. The first-order valence-corrected chi connectivity index (χ1v) is 15.6. The zero-order valence-electron chi connectivity index (χ0n) is 24.1. The maximum absolute atomic E-state index is 7.54. The van der Waals surface area contributed by atoms with Gasteiger partial charge in [-0.2, -0.15) is 0 Å². The Morgan fingerprint density at radius 2 is 1.34 bits per heavy atom. The Morgan fingerprint density at radius 3 is 2.14 bits per heavy atom. The number of anilines is 1. The number of nitrogens with two attached hydrogens (primary N) is 2. The van der Waals surface area contributed by atoms with Crippen LogP contribution in [0, 0.1) is 0 Å². The molecule has 0 aliphatic heterocycles. The highest BCUT2D eigenvalue weighted by molar-refractivity contribution is 7.25. The van der Waals surface area contributed by atoms with Crippen molar-refractivity contribution in [3.63, 3.8) is 0 Å². The number of thiophene rings is 1. The molecule has 44 heavy (non-hydrogen) atoms. The third kappa shape index (κ3) is 4.15. The van der Waals surface area contributed by atoms with Gasteiger partial charge in [-0.05, 0) is 62.5 Å². The van der Waals surface area contributed by atoms with Crippen LogP contribution < -0.4 is 16.8 Å². The molecule has 2 atom stereocenters. The number of hydrogen-bond donors (Lipinski definition) is 3. The number of allylic oxidation sites excluding steroid dienone is 2. The molecule has 4 heteroatoms. The highest BCUT2D eigenvalue weighted by Gasteiger charge is 2.37. The van der Waals surface area contributed by atoms with Gasteiger partial charge < -0.3 is 16.8 Å². The highest BCUT2D eigenvalue weighted by atomic mass is 32.1. The Bertz CT molecular complexity index is 2330. The smallest absolute Gasteiger partial charge is 0.0846 e. The normalized spacial score (nSPS) is 18.0. The summed E-state index contributed by atoms with van der Waals surface area (Å²) in [5, 5.41) is 10.7. The summed E-state index contributed by atoms with van der Waals surface area (Å²) in [7, 11) is 0.